The SMILES string of the molecule is C1CC(CN2C3COCC2C3)CCN1. The van der Waals surface area contributed by atoms with Crippen molar-refractivity contribution in [3.8, 4) is 0 Å². The van der Waals surface area contributed by atoms with E-state index in [0.29, 0.717) is 0 Å². The summed E-state index contributed by atoms with van der Waals surface area (Å²) in [6.07, 6.45) is 4.14. The Balaban J connectivity index is 1.52. The van der Waals surface area contributed by atoms with Crippen molar-refractivity contribution in [1.29, 1.82) is 0 Å². The van der Waals surface area contributed by atoms with E-state index in [0.717, 1.165) is 31.2 Å². The first kappa shape index (κ1) is 9.13. The lowest BCUT2D eigenvalue weighted by Gasteiger charge is -2.53. The van der Waals surface area contributed by atoms with Crippen molar-refractivity contribution >= 4 is 0 Å². The average molecular weight is 196 g/mol. The monoisotopic (exact) mass is 196 g/mol. The highest BCUT2D eigenvalue weighted by atomic mass is 16.5. The molecule has 1 N–H and O–H groups in total. The minimum Gasteiger partial charge on any atom is -0.378 e. The normalized spacial score (nSPS) is 39.4. The molecule has 3 saturated heterocycles. The lowest BCUT2D eigenvalue weighted by atomic mass is 9.87. The van der Waals surface area contributed by atoms with Crippen LogP contribution >= 0.6 is 0 Å². The van der Waals surface area contributed by atoms with E-state index in [-0.39, 0.29) is 0 Å². The molecule has 3 fully saturated rings. The Morgan fingerprint density at radius 3 is 2.50 bits per heavy atom. The van der Waals surface area contributed by atoms with Crippen LogP contribution in [-0.4, -0.2) is 49.8 Å². The highest BCUT2D eigenvalue weighted by molar-refractivity contribution is 4.96. The first-order valence-electron chi connectivity index (χ1n) is 5.97. The van der Waals surface area contributed by atoms with Gasteiger partial charge in [-0.05, 0) is 38.3 Å². The largest absolute Gasteiger partial charge is 0.378 e. The summed E-state index contributed by atoms with van der Waals surface area (Å²) in [5.74, 6) is 0.944. The molecule has 3 nitrogen and oxygen atoms in total. The van der Waals surface area contributed by atoms with E-state index >= 15 is 0 Å². The fraction of sp³-hybridized carbons (Fsp3) is 1.00. The molecule has 80 valence electrons. The Morgan fingerprint density at radius 2 is 1.86 bits per heavy atom. The number of nitrogens with one attached hydrogen (secondary N) is 1. The fourth-order valence-corrected chi connectivity index (χ4v) is 3.07. The summed E-state index contributed by atoms with van der Waals surface area (Å²) in [7, 11) is 0. The van der Waals surface area contributed by atoms with Gasteiger partial charge in [-0.1, -0.05) is 0 Å². The fourth-order valence-electron chi connectivity index (χ4n) is 3.07. The molecule has 2 bridgehead atoms. The second-order valence-electron chi connectivity index (χ2n) is 4.97. The predicted molar refractivity (Wildman–Crippen MR) is 55.3 cm³/mol. The van der Waals surface area contributed by atoms with E-state index in [2.05, 4.69) is 10.2 Å². The number of hydrogen-bond donors (Lipinski definition) is 1. The predicted octanol–water partition coefficient (Wildman–Crippen LogP) is 0.459. The third kappa shape index (κ3) is 1.58. The van der Waals surface area contributed by atoms with Gasteiger partial charge in [-0.25, -0.2) is 0 Å². The molecule has 3 aliphatic heterocycles. The van der Waals surface area contributed by atoms with Crippen LogP contribution in [0.2, 0.25) is 0 Å². The minimum atomic E-state index is 0.767. The van der Waals surface area contributed by atoms with Crippen molar-refractivity contribution in [2.75, 3.05) is 32.8 Å². The number of rotatable bonds is 2. The van der Waals surface area contributed by atoms with E-state index in [1.54, 1.807) is 0 Å². The summed E-state index contributed by atoms with van der Waals surface area (Å²) in [5, 5.41) is 3.43. The molecular weight excluding hydrogens is 176 g/mol. The van der Waals surface area contributed by atoms with Crippen LogP contribution < -0.4 is 5.32 Å². The Labute approximate surface area is 85.8 Å². The van der Waals surface area contributed by atoms with Crippen LogP contribution in [0.15, 0.2) is 0 Å². The van der Waals surface area contributed by atoms with Crippen LogP contribution in [0.1, 0.15) is 19.3 Å². The molecule has 0 radical (unpaired) electrons. The molecule has 14 heavy (non-hydrogen) atoms. The standard InChI is InChI=1S/C11H20N2O/c1-3-12-4-2-9(1)6-13-10-5-11(13)8-14-7-10/h9-12H,1-8H2. The molecule has 3 rings (SSSR count). The number of piperidine rings is 1. The third-order valence-electron chi connectivity index (χ3n) is 4.03. The lowest BCUT2D eigenvalue weighted by molar-refractivity contribution is -0.133. The van der Waals surface area contributed by atoms with Crippen LogP contribution in [0.25, 0.3) is 0 Å². The zero-order valence-electron chi connectivity index (χ0n) is 8.74. The second kappa shape index (κ2) is 3.80. The summed E-state index contributed by atoms with van der Waals surface area (Å²) >= 11 is 0. The summed E-state index contributed by atoms with van der Waals surface area (Å²) in [4.78, 5) is 2.69. The van der Waals surface area contributed by atoms with Crippen molar-refractivity contribution in [3.05, 3.63) is 0 Å². The zero-order chi connectivity index (χ0) is 9.38. The smallest absolute Gasteiger partial charge is 0.0623 e. The molecule has 3 heteroatoms. The van der Waals surface area contributed by atoms with Gasteiger partial charge in [0.25, 0.3) is 0 Å². The number of hydrogen-bond acceptors (Lipinski definition) is 3. The molecule has 0 amide bonds. The highest BCUT2D eigenvalue weighted by Crippen LogP contribution is 2.32. The zero-order valence-corrected chi connectivity index (χ0v) is 8.74. The van der Waals surface area contributed by atoms with E-state index in [1.165, 1.54) is 38.9 Å². The summed E-state index contributed by atoms with van der Waals surface area (Å²) in [5.41, 5.74) is 0. The summed E-state index contributed by atoms with van der Waals surface area (Å²) in [6, 6.07) is 1.53. The molecule has 0 aromatic rings. The van der Waals surface area contributed by atoms with Gasteiger partial charge >= 0.3 is 0 Å². The van der Waals surface area contributed by atoms with Crippen molar-refractivity contribution in [1.82, 2.24) is 10.2 Å². The van der Waals surface area contributed by atoms with E-state index in [4.69, 9.17) is 4.74 Å². The maximum absolute atomic E-state index is 5.50. The van der Waals surface area contributed by atoms with Gasteiger partial charge in [-0.2, -0.15) is 0 Å². The lowest BCUT2D eigenvalue weighted by Crippen LogP contribution is -2.64. The van der Waals surface area contributed by atoms with Crippen molar-refractivity contribution in [2.24, 2.45) is 5.92 Å². The maximum Gasteiger partial charge on any atom is 0.0623 e. The Kier molecular flexibility index (Phi) is 2.48. The van der Waals surface area contributed by atoms with Gasteiger partial charge in [0.05, 0.1) is 13.2 Å². The van der Waals surface area contributed by atoms with Gasteiger partial charge in [0.1, 0.15) is 0 Å². The van der Waals surface area contributed by atoms with E-state index in [9.17, 15) is 0 Å². The Hall–Kier alpha value is -0.120. The molecule has 0 saturated carbocycles. The second-order valence-corrected chi connectivity index (χ2v) is 4.97. The van der Waals surface area contributed by atoms with Gasteiger partial charge in [-0.3, -0.25) is 4.90 Å². The Morgan fingerprint density at radius 1 is 1.14 bits per heavy atom. The van der Waals surface area contributed by atoms with Crippen LogP contribution in [0.3, 0.4) is 0 Å². The topological polar surface area (TPSA) is 24.5 Å². The Bertz CT molecular complexity index is 189. The highest BCUT2D eigenvalue weighted by Gasteiger charge is 2.42. The molecule has 3 aliphatic rings. The molecule has 3 heterocycles. The maximum atomic E-state index is 5.50. The molecule has 0 spiro atoms. The average Bonchev–Trinajstić information content (AvgIpc) is 2.28. The molecule has 0 aromatic heterocycles. The minimum absolute atomic E-state index is 0.767. The molecule has 2 unspecified atom stereocenters. The summed E-state index contributed by atoms with van der Waals surface area (Å²) in [6.45, 7) is 5.76. The number of morpholine rings is 1. The summed E-state index contributed by atoms with van der Waals surface area (Å²) < 4.78 is 5.50. The molecular formula is C11H20N2O. The van der Waals surface area contributed by atoms with Crippen LogP contribution in [0.4, 0.5) is 0 Å². The van der Waals surface area contributed by atoms with Crippen LogP contribution in [-0.2, 0) is 4.74 Å². The van der Waals surface area contributed by atoms with Crippen molar-refractivity contribution < 1.29 is 4.74 Å². The number of ether oxygens (including phenoxy) is 1. The van der Waals surface area contributed by atoms with Gasteiger partial charge in [0, 0.05) is 18.6 Å². The molecule has 2 atom stereocenters. The van der Waals surface area contributed by atoms with E-state index in [1.807, 2.05) is 0 Å². The van der Waals surface area contributed by atoms with Crippen molar-refractivity contribution in [3.63, 3.8) is 0 Å². The van der Waals surface area contributed by atoms with Crippen LogP contribution in [0.5, 0.6) is 0 Å². The third-order valence-corrected chi connectivity index (χ3v) is 4.03. The molecule has 0 aromatic carbocycles. The number of fused-ring (bicyclic) bond motifs is 2. The van der Waals surface area contributed by atoms with Gasteiger partial charge in [-0.15, -0.1) is 0 Å². The first-order valence-corrected chi connectivity index (χ1v) is 5.97. The van der Waals surface area contributed by atoms with E-state index < -0.39 is 0 Å². The van der Waals surface area contributed by atoms with Gasteiger partial charge in [0.2, 0.25) is 0 Å². The van der Waals surface area contributed by atoms with Gasteiger partial charge in [0.15, 0.2) is 0 Å². The quantitative estimate of drug-likeness (QED) is 0.694. The number of nitrogens with zero attached hydrogens (tertiary/aromatic N) is 1. The van der Waals surface area contributed by atoms with Crippen LogP contribution in [0, 0.1) is 5.92 Å². The van der Waals surface area contributed by atoms with Crippen molar-refractivity contribution in [2.45, 2.75) is 31.3 Å². The van der Waals surface area contributed by atoms with Gasteiger partial charge < -0.3 is 10.1 Å². The first-order chi connectivity index (χ1) is 6.93. The molecule has 0 aliphatic carbocycles.